The molecule has 1 heterocycles. The molecule has 0 saturated carbocycles. The van der Waals surface area contributed by atoms with Crippen molar-refractivity contribution in [2.45, 2.75) is 38.6 Å². The van der Waals surface area contributed by atoms with E-state index in [-0.39, 0.29) is 12.5 Å². The van der Waals surface area contributed by atoms with Crippen LogP contribution < -0.4 is 10.6 Å². The van der Waals surface area contributed by atoms with Crippen molar-refractivity contribution in [1.29, 1.82) is 0 Å². The third kappa shape index (κ3) is 5.15. The quantitative estimate of drug-likeness (QED) is 0.663. The Kier molecular flexibility index (Phi) is 6.11. The summed E-state index contributed by atoms with van der Waals surface area (Å²) < 4.78 is 0. The molecule has 3 amide bonds. The van der Waals surface area contributed by atoms with Gasteiger partial charge in [-0.15, -0.1) is 0 Å². The van der Waals surface area contributed by atoms with Crippen molar-refractivity contribution in [3.63, 3.8) is 0 Å². The van der Waals surface area contributed by atoms with Gasteiger partial charge in [0.1, 0.15) is 6.04 Å². The van der Waals surface area contributed by atoms with Gasteiger partial charge in [0.05, 0.1) is 6.54 Å². The zero-order valence-corrected chi connectivity index (χ0v) is 11.1. The van der Waals surface area contributed by atoms with Gasteiger partial charge in [-0.1, -0.05) is 6.92 Å². The maximum Gasteiger partial charge on any atom is 0.326 e. The summed E-state index contributed by atoms with van der Waals surface area (Å²) in [5.74, 6) is -1.21. The van der Waals surface area contributed by atoms with Crippen molar-refractivity contribution >= 4 is 17.9 Å². The first-order chi connectivity index (χ1) is 9.04. The highest BCUT2D eigenvalue weighted by Gasteiger charge is 2.19. The van der Waals surface area contributed by atoms with Gasteiger partial charge >= 0.3 is 12.0 Å². The Morgan fingerprint density at radius 2 is 1.84 bits per heavy atom. The predicted molar refractivity (Wildman–Crippen MR) is 68.7 cm³/mol. The summed E-state index contributed by atoms with van der Waals surface area (Å²) in [5, 5.41) is 13.5. The second kappa shape index (κ2) is 7.60. The van der Waals surface area contributed by atoms with Gasteiger partial charge in [0.15, 0.2) is 0 Å². The Morgan fingerprint density at radius 3 is 2.37 bits per heavy atom. The van der Waals surface area contributed by atoms with Crippen molar-refractivity contribution in [3.8, 4) is 0 Å². The van der Waals surface area contributed by atoms with E-state index in [1.165, 1.54) is 0 Å². The Morgan fingerprint density at radius 1 is 1.21 bits per heavy atom. The van der Waals surface area contributed by atoms with Crippen LogP contribution in [0, 0.1) is 0 Å². The highest BCUT2D eigenvalue weighted by atomic mass is 16.4. The Labute approximate surface area is 112 Å². The average Bonchev–Trinajstić information content (AvgIpc) is 2.42. The van der Waals surface area contributed by atoms with Crippen molar-refractivity contribution < 1.29 is 19.5 Å². The largest absolute Gasteiger partial charge is 0.480 e. The molecule has 0 bridgehead atoms. The smallest absolute Gasteiger partial charge is 0.326 e. The first-order valence-electron chi connectivity index (χ1n) is 6.59. The van der Waals surface area contributed by atoms with Gasteiger partial charge < -0.3 is 20.6 Å². The number of carbonyl (C=O) groups excluding carboxylic acids is 2. The minimum atomic E-state index is -1.08. The minimum absolute atomic E-state index is 0.0954. The summed E-state index contributed by atoms with van der Waals surface area (Å²) in [6, 6.07) is -1.55. The van der Waals surface area contributed by atoms with Crippen LogP contribution in [0.1, 0.15) is 32.6 Å². The Bertz CT molecular complexity index is 340. The van der Waals surface area contributed by atoms with Gasteiger partial charge in [-0.3, -0.25) is 4.79 Å². The van der Waals surface area contributed by atoms with Crippen LogP contribution in [0.15, 0.2) is 0 Å². The zero-order valence-electron chi connectivity index (χ0n) is 11.1. The average molecular weight is 271 g/mol. The fourth-order valence-corrected chi connectivity index (χ4v) is 1.96. The van der Waals surface area contributed by atoms with Crippen LogP contribution in [0.2, 0.25) is 0 Å². The summed E-state index contributed by atoms with van der Waals surface area (Å²) in [7, 11) is 0. The molecule has 0 aromatic rings. The number of amides is 3. The SMILES string of the molecule is CC[C@@H](NC(=O)NCC(=O)N1CCCCC1)C(=O)O. The summed E-state index contributed by atoms with van der Waals surface area (Å²) in [4.78, 5) is 35.7. The zero-order chi connectivity index (χ0) is 14.3. The first-order valence-corrected chi connectivity index (χ1v) is 6.59. The lowest BCUT2D eigenvalue weighted by Crippen LogP contribution is -2.49. The van der Waals surface area contributed by atoms with Crippen molar-refractivity contribution in [2.75, 3.05) is 19.6 Å². The number of hydrogen-bond acceptors (Lipinski definition) is 3. The molecule has 3 N–H and O–H groups in total. The normalized spacial score (nSPS) is 16.6. The van der Waals surface area contributed by atoms with E-state index >= 15 is 0 Å². The fourth-order valence-electron chi connectivity index (χ4n) is 1.96. The molecule has 1 aliphatic rings. The van der Waals surface area contributed by atoms with E-state index in [0.717, 1.165) is 32.4 Å². The van der Waals surface area contributed by atoms with E-state index in [1.807, 2.05) is 0 Å². The Balaban J connectivity index is 2.29. The minimum Gasteiger partial charge on any atom is -0.480 e. The molecule has 7 heteroatoms. The summed E-state index contributed by atoms with van der Waals surface area (Å²) in [6.07, 6.45) is 3.42. The molecule has 1 aliphatic heterocycles. The van der Waals surface area contributed by atoms with E-state index in [0.29, 0.717) is 6.42 Å². The van der Waals surface area contributed by atoms with Crippen LogP contribution in [0.25, 0.3) is 0 Å². The van der Waals surface area contributed by atoms with Crippen LogP contribution >= 0.6 is 0 Å². The molecule has 0 spiro atoms. The van der Waals surface area contributed by atoms with Crippen molar-refractivity contribution in [1.82, 2.24) is 15.5 Å². The van der Waals surface area contributed by atoms with Gasteiger partial charge in [-0.05, 0) is 25.7 Å². The number of carbonyl (C=O) groups is 3. The van der Waals surface area contributed by atoms with Crippen LogP contribution in [-0.4, -0.2) is 53.6 Å². The lowest BCUT2D eigenvalue weighted by atomic mass is 10.1. The lowest BCUT2D eigenvalue weighted by Gasteiger charge is -2.26. The molecule has 108 valence electrons. The van der Waals surface area contributed by atoms with E-state index in [9.17, 15) is 14.4 Å². The van der Waals surface area contributed by atoms with Gasteiger partial charge in [0, 0.05) is 13.1 Å². The number of urea groups is 1. The molecular weight excluding hydrogens is 250 g/mol. The maximum atomic E-state index is 11.8. The first kappa shape index (κ1) is 15.3. The molecular formula is C12H21N3O4. The molecule has 0 unspecified atom stereocenters. The fraction of sp³-hybridized carbons (Fsp3) is 0.750. The highest BCUT2D eigenvalue weighted by Crippen LogP contribution is 2.08. The number of nitrogens with one attached hydrogen (secondary N) is 2. The highest BCUT2D eigenvalue weighted by molar-refractivity contribution is 5.86. The molecule has 1 fully saturated rings. The molecule has 0 aromatic carbocycles. The van der Waals surface area contributed by atoms with E-state index in [4.69, 9.17) is 5.11 Å². The number of aliphatic carboxylic acids is 1. The predicted octanol–water partition coefficient (Wildman–Crippen LogP) is 0.161. The van der Waals surface area contributed by atoms with E-state index < -0.39 is 18.0 Å². The summed E-state index contributed by atoms with van der Waals surface area (Å²) >= 11 is 0. The van der Waals surface area contributed by atoms with Gasteiger partial charge in [0.2, 0.25) is 5.91 Å². The third-order valence-electron chi connectivity index (χ3n) is 3.12. The van der Waals surface area contributed by atoms with Crippen LogP contribution in [0.3, 0.4) is 0 Å². The van der Waals surface area contributed by atoms with Crippen LogP contribution in [0.4, 0.5) is 4.79 Å². The molecule has 0 aromatic heterocycles. The molecule has 0 radical (unpaired) electrons. The molecule has 7 nitrogen and oxygen atoms in total. The van der Waals surface area contributed by atoms with Gasteiger partial charge in [0.25, 0.3) is 0 Å². The number of likely N-dealkylation sites (tertiary alicyclic amines) is 1. The second-order valence-electron chi connectivity index (χ2n) is 4.57. The van der Waals surface area contributed by atoms with Gasteiger partial charge in [-0.25, -0.2) is 9.59 Å². The summed E-state index contributed by atoms with van der Waals surface area (Å²) in [5.41, 5.74) is 0. The summed E-state index contributed by atoms with van der Waals surface area (Å²) in [6.45, 7) is 3.03. The van der Waals surface area contributed by atoms with Crippen molar-refractivity contribution in [2.24, 2.45) is 0 Å². The number of nitrogens with zero attached hydrogens (tertiary/aromatic N) is 1. The molecule has 1 atom stereocenters. The van der Waals surface area contributed by atoms with Gasteiger partial charge in [-0.2, -0.15) is 0 Å². The molecule has 1 saturated heterocycles. The third-order valence-corrected chi connectivity index (χ3v) is 3.12. The molecule has 1 rings (SSSR count). The van der Waals surface area contributed by atoms with E-state index in [1.54, 1.807) is 11.8 Å². The lowest BCUT2D eigenvalue weighted by molar-refractivity contribution is -0.139. The number of carboxylic acids is 1. The number of hydrogen-bond donors (Lipinski definition) is 3. The molecule has 0 aliphatic carbocycles. The monoisotopic (exact) mass is 271 g/mol. The van der Waals surface area contributed by atoms with Crippen LogP contribution in [-0.2, 0) is 9.59 Å². The number of piperidine rings is 1. The number of rotatable bonds is 5. The Hall–Kier alpha value is -1.79. The maximum absolute atomic E-state index is 11.8. The number of carboxylic acid groups (broad SMARTS) is 1. The topological polar surface area (TPSA) is 98.7 Å². The second-order valence-corrected chi connectivity index (χ2v) is 4.57. The standard InChI is InChI=1S/C12H21N3O4/c1-2-9(11(17)18)14-12(19)13-8-10(16)15-6-4-3-5-7-15/h9H,2-8H2,1H3,(H,17,18)(H2,13,14,19)/t9-/m1/s1. The van der Waals surface area contributed by atoms with Crippen molar-refractivity contribution in [3.05, 3.63) is 0 Å². The van der Waals surface area contributed by atoms with E-state index in [2.05, 4.69) is 10.6 Å². The van der Waals surface area contributed by atoms with Crippen LogP contribution in [0.5, 0.6) is 0 Å². The molecule has 19 heavy (non-hydrogen) atoms.